The van der Waals surface area contributed by atoms with Crippen LogP contribution < -0.4 is 18.9 Å². The summed E-state index contributed by atoms with van der Waals surface area (Å²) >= 11 is 0. The normalized spacial score (nSPS) is 0. The Morgan fingerprint density at radius 3 is 1.20 bits per heavy atom. The van der Waals surface area contributed by atoms with E-state index in [2.05, 4.69) is 0 Å². The Labute approximate surface area is 90.8 Å². The zero-order chi connectivity index (χ0) is 0. The van der Waals surface area contributed by atoms with Gasteiger partial charge in [-0.15, -0.1) is 0 Å². The van der Waals surface area contributed by atoms with Gasteiger partial charge in [-0.2, -0.15) is 0 Å². The summed E-state index contributed by atoms with van der Waals surface area (Å²) in [6.07, 6.45) is 0. The topological polar surface area (TPSA) is 0 Å². The van der Waals surface area contributed by atoms with Gasteiger partial charge in [0, 0.05) is 54.3 Å². The van der Waals surface area contributed by atoms with Crippen LogP contribution >= 0.6 is 0 Å². The van der Waals surface area contributed by atoms with Crippen molar-refractivity contribution in [2.45, 2.75) is 0 Å². The molecular weight excluding hydrogens is 335 g/mol. The SMILES string of the molecule is [AlH3].[Co].[H-].[Li+].[Ni].[W]. The minimum atomic E-state index is 0. The van der Waals surface area contributed by atoms with Crippen molar-refractivity contribution in [3.63, 3.8) is 0 Å². The summed E-state index contributed by atoms with van der Waals surface area (Å²) in [6, 6.07) is 0. The molecule has 0 bridgehead atoms. The zero-order valence-corrected chi connectivity index (χ0v) is 7.02. The molecule has 0 heterocycles. The monoisotopic (exact) mass is 339 g/mol. The fourth-order valence-corrected chi connectivity index (χ4v) is 0. The molecular formula is H4AlCoLiNiW. The maximum atomic E-state index is 0. The second-order valence-electron chi connectivity index (χ2n) is 0. The molecule has 0 N–H and O–H groups in total. The molecule has 0 aromatic carbocycles. The number of hydrogen-bond donors (Lipinski definition) is 0. The van der Waals surface area contributed by atoms with Gasteiger partial charge in [0.2, 0.25) is 0 Å². The van der Waals surface area contributed by atoms with Gasteiger partial charge in [-0.05, 0) is 0 Å². The van der Waals surface area contributed by atoms with E-state index in [0.717, 1.165) is 0 Å². The summed E-state index contributed by atoms with van der Waals surface area (Å²) in [5.41, 5.74) is 0. The third-order valence-corrected chi connectivity index (χ3v) is 0. The van der Waals surface area contributed by atoms with Crippen molar-refractivity contribution >= 4 is 17.4 Å². The first kappa shape index (κ1) is 45.8. The van der Waals surface area contributed by atoms with Crippen LogP contribution in [0.25, 0.3) is 0 Å². The average Bonchev–Trinajstić information content (AvgIpc) is 0. The third kappa shape index (κ3) is 19.9. The third-order valence-electron chi connectivity index (χ3n) is 0. The average molecular weight is 339 g/mol. The number of rotatable bonds is 0. The molecule has 0 saturated heterocycles. The smallest absolute Gasteiger partial charge is 1.00 e. The fourth-order valence-electron chi connectivity index (χ4n) is 0. The van der Waals surface area contributed by atoms with E-state index in [-0.39, 0.29) is 92.0 Å². The molecule has 0 nitrogen and oxygen atoms in total. The quantitative estimate of drug-likeness (QED) is 0.394. The predicted octanol–water partition coefficient (Wildman–Crippen LogP) is -4.07. The second kappa shape index (κ2) is 29.1. The molecule has 0 aromatic rings. The van der Waals surface area contributed by atoms with E-state index in [4.69, 9.17) is 0 Å². The van der Waals surface area contributed by atoms with Gasteiger partial charge in [-0.25, -0.2) is 0 Å². The van der Waals surface area contributed by atoms with Crippen molar-refractivity contribution in [1.82, 2.24) is 0 Å². The Kier molecular flexibility index (Phi) is 266. The van der Waals surface area contributed by atoms with Gasteiger partial charge in [-0.1, -0.05) is 0 Å². The summed E-state index contributed by atoms with van der Waals surface area (Å²) in [4.78, 5) is 0. The predicted molar refractivity (Wildman–Crippen MR) is 11.1 cm³/mol. The van der Waals surface area contributed by atoms with E-state index < -0.39 is 0 Å². The minimum absolute atomic E-state index is 0. The van der Waals surface area contributed by atoms with Crippen LogP contribution in [0.4, 0.5) is 0 Å². The summed E-state index contributed by atoms with van der Waals surface area (Å²) in [5, 5.41) is 0. The molecule has 1 radical (unpaired) electrons. The van der Waals surface area contributed by atoms with Crippen LogP contribution in [0.5, 0.6) is 0 Å². The van der Waals surface area contributed by atoms with Crippen LogP contribution in [0, 0.1) is 0 Å². The molecule has 0 atom stereocenters. The maximum absolute atomic E-state index is 0. The van der Waals surface area contributed by atoms with Crippen LogP contribution in [-0.2, 0) is 54.3 Å². The fraction of sp³-hybridized carbons (Fsp3) is 0. The van der Waals surface area contributed by atoms with E-state index in [1.807, 2.05) is 0 Å². The van der Waals surface area contributed by atoms with Crippen LogP contribution in [0.1, 0.15) is 1.43 Å². The van der Waals surface area contributed by atoms with Crippen molar-refractivity contribution in [2.75, 3.05) is 0 Å². The van der Waals surface area contributed by atoms with E-state index in [0.29, 0.717) is 0 Å². The summed E-state index contributed by atoms with van der Waals surface area (Å²) < 4.78 is 0. The zero-order valence-electron chi connectivity index (χ0n) is 3.06. The largest absolute Gasteiger partial charge is 1.00 e. The summed E-state index contributed by atoms with van der Waals surface area (Å²) in [6.45, 7) is 0. The first-order valence-electron chi connectivity index (χ1n) is 0. The molecule has 0 fully saturated rings. The van der Waals surface area contributed by atoms with Crippen molar-refractivity contribution in [1.29, 1.82) is 0 Å². The van der Waals surface area contributed by atoms with Crippen LogP contribution in [0.2, 0.25) is 0 Å². The maximum Gasteiger partial charge on any atom is 1.00 e. The summed E-state index contributed by atoms with van der Waals surface area (Å²) in [5.74, 6) is 0. The first-order valence-corrected chi connectivity index (χ1v) is 0. The van der Waals surface area contributed by atoms with Crippen molar-refractivity contribution in [3.05, 3.63) is 0 Å². The molecule has 0 unspecified atom stereocenters. The van der Waals surface area contributed by atoms with Gasteiger partial charge < -0.3 is 1.43 Å². The standard InChI is InChI=1S/Al.Co.Li.Ni.W.4H/q;;+1;;;;;;-1. The van der Waals surface area contributed by atoms with Crippen molar-refractivity contribution in [3.8, 4) is 0 Å². The molecule has 0 aliphatic rings. The molecule has 33 valence electrons. The number of hydrogen-bond acceptors (Lipinski definition) is 0. The molecule has 0 aliphatic heterocycles. The van der Waals surface area contributed by atoms with E-state index in [1.165, 1.54) is 0 Å². The van der Waals surface area contributed by atoms with Gasteiger partial charge in [-0.3, -0.25) is 0 Å². The Balaban J connectivity index is 0. The second-order valence-corrected chi connectivity index (χ2v) is 0. The Hall–Kier alpha value is 2.82. The van der Waals surface area contributed by atoms with Gasteiger partial charge in [0.15, 0.2) is 17.4 Å². The minimum Gasteiger partial charge on any atom is -1.00 e. The summed E-state index contributed by atoms with van der Waals surface area (Å²) in [7, 11) is 0. The van der Waals surface area contributed by atoms with E-state index >= 15 is 0 Å². The van der Waals surface area contributed by atoms with Crippen molar-refractivity contribution < 1.29 is 74.6 Å². The Bertz CT molecular complexity index is 15.5. The van der Waals surface area contributed by atoms with E-state index in [9.17, 15) is 0 Å². The molecule has 0 rings (SSSR count). The van der Waals surface area contributed by atoms with Crippen LogP contribution in [0.15, 0.2) is 0 Å². The Morgan fingerprint density at radius 2 is 1.20 bits per heavy atom. The molecule has 0 spiro atoms. The van der Waals surface area contributed by atoms with E-state index in [1.54, 1.807) is 0 Å². The molecule has 0 saturated carbocycles. The molecule has 5 heteroatoms. The molecule has 0 aromatic heterocycles. The van der Waals surface area contributed by atoms with Gasteiger partial charge in [0.1, 0.15) is 0 Å². The molecule has 5 heavy (non-hydrogen) atoms. The van der Waals surface area contributed by atoms with Crippen LogP contribution in [0.3, 0.4) is 0 Å². The van der Waals surface area contributed by atoms with Gasteiger partial charge in [0.05, 0.1) is 0 Å². The van der Waals surface area contributed by atoms with Gasteiger partial charge in [0.25, 0.3) is 0 Å². The molecule has 0 aliphatic carbocycles. The van der Waals surface area contributed by atoms with Crippen LogP contribution in [-0.4, -0.2) is 17.4 Å². The van der Waals surface area contributed by atoms with Crippen molar-refractivity contribution in [2.24, 2.45) is 0 Å². The molecule has 0 amide bonds. The van der Waals surface area contributed by atoms with Gasteiger partial charge >= 0.3 is 18.9 Å². The Morgan fingerprint density at radius 1 is 1.20 bits per heavy atom. The first-order chi connectivity index (χ1) is 0.